The highest BCUT2D eigenvalue weighted by atomic mass is 127. The summed E-state index contributed by atoms with van der Waals surface area (Å²) in [4.78, 5) is 16.2. The van der Waals surface area contributed by atoms with Crippen LogP contribution in [0.15, 0.2) is 23.2 Å². The first-order chi connectivity index (χ1) is 12.1. The molecule has 2 rings (SSSR count). The number of carbonyl (C=O) groups is 1. The van der Waals surface area contributed by atoms with Crippen molar-refractivity contribution in [1.29, 1.82) is 0 Å². The third-order valence-corrected chi connectivity index (χ3v) is 4.71. The second-order valence-electron chi connectivity index (χ2n) is 6.55. The minimum atomic E-state index is -0.405. The summed E-state index contributed by atoms with van der Waals surface area (Å²) >= 11 is 0. The Kier molecular flexibility index (Phi) is 9.75. The molecular formula is C19H30IN3O3. The smallest absolute Gasteiger partial charge is 0.341 e. The highest BCUT2D eigenvalue weighted by Crippen LogP contribution is 2.23. The maximum atomic E-state index is 11.9. The van der Waals surface area contributed by atoms with E-state index in [0.717, 1.165) is 17.4 Å². The Labute approximate surface area is 173 Å². The van der Waals surface area contributed by atoms with Crippen molar-refractivity contribution >= 4 is 35.9 Å². The number of nitrogens with zero attached hydrogens (tertiary/aromatic N) is 1. The Hall–Kier alpha value is -1.51. The number of carbonyl (C=O) groups excluding carboxylic acids is 1. The van der Waals surface area contributed by atoms with Gasteiger partial charge in [-0.3, -0.25) is 4.99 Å². The summed E-state index contributed by atoms with van der Waals surface area (Å²) in [6, 6.07) is 5.96. The van der Waals surface area contributed by atoms with Crippen LogP contribution in [0.3, 0.4) is 0 Å². The standard InChI is InChI=1S/C19H29N3O3.HI/c1-13-5-8-15(9-6-13)22-19(20-2)21-12-14-7-10-17(24-3)16(11-14)18(23)25-4;/h7,10-11,13,15H,5-6,8-9,12H2,1-4H3,(H2,20,21,22);1H. The number of nitrogens with one attached hydrogen (secondary N) is 2. The molecule has 7 heteroatoms. The number of benzene rings is 1. The van der Waals surface area contributed by atoms with E-state index in [2.05, 4.69) is 22.5 Å². The van der Waals surface area contributed by atoms with E-state index >= 15 is 0 Å². The molecular weight excluding hydrogens is 445 g/mol. The van der Waals surface area contributed by atoms with Gasteiger partial charge in [0.05, 0.1) is 14.2 Å². The third-order valence-electron chi connectivity index (χ3n) is 4.71. The highest BCUT2D eigenvalue weighted by molar-refractivity contribution is 14.0. The first-order valence-corrected chi connectivity index (χ1v) is 8.79. The summed E-state index contributed by atoms with van der Waals surface area (Å²) < 4.78 is 10.0. The number of hydrogen-bond donors (Lipinski definition) is 2. The lowest BCUT2D eigenvalue weighted by Crippen LogP contribution is -2.44. The monoisotopic (exact) mass is 475 g/mol. The summed E-state index contributed by atoms with van der Waals surface area (Å²) in [6.07, 6.45) is 4.87. The van der Waals surface area contributed by atoms with Gasteiger partial charge in [0.25, 0.3) is 0 Å². The molecule has 0 aliphatic heterocycles. The molecule has 1 aliphatic rings. The number of esters is 1. The molecule has 2 N–H and O–H groups in total. The van der Waals surface area contributed by atoms with Gasteiger partial charge in [-0.05, 0) is 49.3 Å². The normalized spacial score (nSPS) is 19.9. The molecule has 0 amide bonds. The lowest BCUT2D eigenvalue weighted by atomic mass is 9.87. The molecule has 1 aromatic carbocycles. The van der Waals surface area contributed by atoms with Gasteiger partial charge < -0.3 is 20.1 Å². The number of ether oxygens (including phenoxy) is 2. The average molecular weight is 475 g/mol. The van der Waals surface area contributed by atoms with E-state index in [1.165, 1.54) is 39.9 Å². The van der Waals surface area contributed by atoms with Crippen LogP contribution in [0.5, 0.6) is 5.75 Å². The van der Waals surface area contributed by atoms with Gasteiger partial charge >= 0.3 is 5.97 Å². The minimum absolute atomic E-state index is 0. The quantitative estimate of drug-likeness (QED) is 0.296. The lowest BCUT2D eigenvalue weighted by Gasteiger charge is -2.28. The predicted octanol–water partition coefficient (Wildman–Crippen LogP) is 3.34. The van der Waals surface area contributed by atoms with Crippen LogP contribution in [0.25, 0.3) is 0 Å². The summed E-state index contributed by atoms with van der Waals surface area (Å²) in [5, 5.41) is 6.80. The van der Waals surface area contributed by atoms with Crippen LogP contribution in [0.1, 0.15) is 48.5 Å². The second kappa shape index (κ2) is 11.3. The average Bonchev–Trinajstić information content (AvgIpc) is 2.65. The van der Waals surface area contributed by atoms with Crippen molar-refractivity contribution < 1.29 is 14.3 Å². The highest BCUT2D eigenvalue weighted by Gasteiger charge is 2.19. The first-order valence-electron chi connectivity index (χ1n) is 8.79. The summed E-state index contributed by atoms with van der Waals surface area (Å²) in [5.74, 6) is 1.71. The predicted molar refractivity (Wildman–Crippen MR) is 115 cm³/mol. The lowest BCUT2D eigenvalue weighted by molar-refractivity contribution is 0.0597. The van der Waals surface area contributed by atoms with Crippen LogP contribution in [0.2, 0.25) is 0 Å². The van der Waals surface area contributed by atoms with Crippen LogP contribution in [-0.4, -0.2) is 39.2 Å². The maximum absolute atomic E-state index is 11.9. The fourth-order valence-corrected chi connectivity index (χ4v) is 3.11. The molecule has 0 radical (unpaired) electrons. The minimum Gasteiger partial charge on any atom is -0.496 e. The zero-order valence-corrected chi connectivity index (χ0v) is 18.3. The van der Waals surface area contributed by atoms with Crippen molar-refractivity contribution in [2.75, 3.05) is 21.3 Å². The fraction of sp³-hybridized carbons (Fsp3) is 0.579. The van der Waals surface area contributed by atoms with Crippen molar-refractivity contribution in [3.63, 3.8) is 0 Å². The zero-order chi connectivity index (χ0) is 18.2. The Morgan fingerprint density at radius 2 is 1.92 bits per heavy atom. The molecule has 0 saturated heterocycles. The van der Waals surface area contributed by atoms with Crippen LogP contribution in [0.4, 0.5) is 0 Å². The van der Waals surface area contributed by atoms with E-state index < -0.39 is 5.97 Å². The van der Waals surface area contributed by atoms with Crippen LogP contribution < -0.4 is 15.4 Å². The topological polar surface area (TPSA) is 72.0 Å². The Balaban J connectivity index is 0.00000338. The molecule has 0 atom stereocenters. The third kappa shape index (κ3) is 6.34. The molecule has 6 nitrogen and oxygen atoms in total. The molecule has 0 bridgehead atoms. The van der Waals surface area contributed by atoms with Gasteiger partial charge in [0.1, 0.15) is 11.3 Å². The molecule has 0 spiro atoms. The SMILES string of the molecule is CN=C(NCc1ccc(OC)c(C(=O)OC)c1)NC1CCC(C)CC1.I. The Bertz CT molecular complexity index is 614. The van der Waals surface area contributed by atoms with Gasteiger partial charge in [-0.25, -0.2) is 4.79 Å². The molecule has 146 valence electrons. The van der Waals surface area contributed by atoms with Crippen molar-refractivity contribution in [1.82, 2.24) is 10.6 Å². The van der Waals surface area contributed by atoms with E-state index in [-0.39, 0.29) is 24.0 Å². The number of halogens is 1. The van der Waals surface area contributed by atoms with Crippen molar-refractivity contribution in [2.45, 2.75) is 45.2 Å². The number of hydrogen-bond acceptors (Lipinski definition) is 4. The molecule has 0 unspecified atom stereocenters. The number of methoxy groups -OCH3 is 2. The van der Waals surface area contributed by atoms with Gasteiger partial charge in [0.2, 0.25) is 0 Å². The number of rotatable bonds is 5. The van der Waals surface area contributed by atoms with Gasteiger partial charge in [-0.1, -0.05) is 13.0 Å². The van der Waals surface area contributed by atoms with Gasteiger partial charge in [0.15, 0.2) is 5.96 Å². The van der Waals surface area contributed by atoms with Crippen molar-refractivity contribution in [2.24, 2.45) is 10.9 Å². The molecule has 1 fully saturated rings. The van der Waals surface area contributed by atoms with Crippen molar-refractivity contribution in [3.05, 3.63) is 29.3 Å². The van der Waals surface area contributed by atoms with E-state index in [0.29, 0.717) is 23.9 Å². The molecule has 1 aromatic rings. The largest absolute Gasteiger partial charge is 0.496 e. The summed E-state index contributed by atoms with van der Waals surface area (Å²) in [7, 11) is 4.68. The van der Waals surface area contributed by atoms with Crippen LogP contribution in [0, 0.1) is 5.92 Å². The summed E-state index contributed by atoms with van der Waals surface area (Å²) in [6.45, 7) is 2.88. The molecule has 26 heavy (non-hydrogen) atoms. The fourth-order valence-electron chi connectivity index (χ4n) is 3.11. The molecule has 1 aliphatic carbocycles. The number of aliphatic imine (C=N–C) groups is 1. The van der Waals surface area contributed by atoms with Gasteiger partial charge in [0, 0.05) is 19.6 Å². The van der Waals surface area contributed by atoms with E-state index in [1.54, 1.807) is 19.2 Å². The molecule has 0 heterocycles. The Morgan fingerprint density at radius 3 is 2.50 bits per heavy atom. The van der Waals surface area contributed by atoms with E-state index in [1.807, 2.05) is 6.07 Å². The van der Waals surface area contributed by atoms with E-state index in [4.69, 9.17) is 9.47 Å². The van der Waals surface area contributed by atoms with E-state index in [9.17, 15) is 4.79 Å². The zero-order valence-electron chi connectivity index (χ0n) is 16.0. The van der Waals surface area contributed by atoms with Crippen LogP contribution >= 0.6 is 24.0 Å². The van der Waals surface area contributed by atoms with Crippen molar-refractivity contribution in [3.8, 4) is 5.75 Å². The maximum Gasteiger partial charge on any atom is 0.341 e. The van der Waals surface area contributed by atoms with Crippen LogP contribution in [-0.2, 0) is 11.3 Å². The molecule has 1 saturated carbocycles. The Morgan fingerprint density at radius 1 is 1.23 bits per heavy atom. The number of guanidine groups is 1. The summed E-state index contributed by atoms with van der Waals surface area (Å²) in [5.41, 5.74) is 1.38. The second-order valence-corrected chi connectivity index (χ2v) is 6.55. The molecule has 0 aromatic heterocycles. The van der Waals surface area contributed by atoms with Gasteiger partial charge in [-0.2, -0.15) is 0 Å². The first kappa shape index (κ1) is 22.5. The van der Waals surface area contributed by atoms with Gasteiger partial charge in [-0.15, -0.1) is 24.0 Å².